The molecule has 3 aliphatic heterocycles. The third kappa shape index (κ3) is 2.35. The molecule has 108 valence electrons. The highest BCUT2D eigenvalue weighted by molar-refractivity contribution is 6.60. The fourth-order valence-electron chi connectivity index (χ4n) is 3.22. The van der Waals surface area contributed by atoms with Crippen LogP contribution in [0.1, 0.15) is 40.5 Å². The van der Waals surface area contributed by atoms with Crippen LogP contribution in [0.5, 0.6) is 0 Å². The molecule has 3 rings (SSSR count). The molecule has 0 aliphatic carbocycles. The Balaban J connectivity index is 1.61. The first kappa shape index (κ1) is 13.9. The highest BCUT2D eigenvalue weighted by Crippen LogP contribution is 2.43. The molecule has 0 radical (unpaired) electrons. The Bertz CT molecular complexity index is 323. The SMILES string of the molecule is CC1(C)OC(B2CCC3(CC2)OCCO3)OC1(C)C. The van der Waals surface area contributed by atoms with Gasteiger partial charge in [0.15, 0.2) is 5.79 Å². The highest BCUT2D eigenvalue weighted by Gasteiger charge is 2.53. The molecule has 0 atom stereocenters. The van der Waals surface area contributed by atoms with Crippen molar-refractivity contribution in [1.29, 1.82) is 0 Å². The van der Waals surface area contributed by atoms with E-state index in [-0.39, 0.29) is 23.2 Å². The first-order valence-corrected chi connectivity index (χ1v) is 7.47. The maximum absolute atomic E-state index is 6.15. The molecular formula is C14H25BO4. The fraction of sp³-hybridized carbons (Fsp3) is 1.00. The summed E-state index contributed by atoms with van der Waals surface area (Å²) in [7, 11) is 0. The van der Waals surface area contributed by atoms with E-state index in [0.717, 1.165) is 38.7 Å². The second-order valence-corrected chi connectivity index (χ2v) is 7.07. The van der Waals surface area contributed by atoms with Crippen LogP contribution in [0.25, 0.3) is 0 Å². The van der Waals surface area contributed by atoms with Gasteiger partial charge in [0.1, 0.15) is 6.19 Å². The monoisotopic (exact) mass is 268 g/mol. The van der Waals surface area contributed by atoms with Crippen molar-refractivity contribution in [2.75, 3.05) is 13.2 Å². The topological polar surface area (TPSA) is 36.9 Å². The zero-order valence-electron chi connectivity index (χ0n) is 12.5. The van der Waals surface area contributed by atoms with Gasteiger partial charge < -0.3 is 18.9 Å². The molecule has 0 unspecified atom stereocenters. The first-order valence-electron chi connectivity index (χ1n) is 7.47. The molecule has 0 aromatic heterocycles. The van der Waals surface area contributed by atoms with Crippen LogP contribution in [0.2, 0.25) is 12.6 Å². The third-order valence-electron chi connectivity index (χ3n) is 5.26. The molecule has 0 aromatic rings. The summed E-state index contributed by atoms with van der Waals surface area (Å²) in [5.41, 5.74) is -0.458. The number of hydrogen-bond donors (Lipinski definition) is 0. The molecule has 3 saturated heterocycles. The average Bonchev–Trinajstić information content (AvgIpc) is 2.84. The van der Waals surface area contributed by atoms with E-state index in [1.165, 1.54) is 0 Å². The van der Waals surface area contributed by atoms with Crippen LogP contribution < -0.4 is 0 Å². The number of ether oxygens (including phenoxy) is 4. The predicted octanol–water partition coefficient (Wildman–Crippen LogP) is 2.49. The Hall–Kier alpha value is -0.0951. The summed E-state index contributed by atoms with van der Waals surface area (Å²) in [5, 5.41) is 0. The molecule has 3 aliphatic rings. The Morgan fingerprint density at radius 3 is 1.79 bits per heavy atom. The van der Waals surface area contributed by atoms with Crippen LogP contribution in [0, 0.1) is 0 Å². The summed E-state index contributed by atoms with van der Waals surface area (Å²) in [6, 6.07) is 0. The van der Waals surface area contributed by atoms with Crippen LogP contribution in [-0.2, 0) is 18.9 Å². The van der Waals surface area contributed by atoms with Gasteiger partial charge in [0.25, 0.3) is 0 Å². The van der Waals surface area contributed by atoms with Gasteiger partial charge in [-0.2, -0.15) is 0 Å². The maximum Gasteiger partial charge on any atom is 0.211 e. The highest BCUT2D eigenvalue weighted by atomic mass is 16.7. The zero-order chi connectivity index (χ0) is 13.7. The van der Waals surface area contributed by atoms with E-state index >= 15 is 0 Å². The van der Waals surface area contributed by atoms with Crippen LogP contribution in [0.15, 0.2) is 0 Å². The summed E-state index contributed by atoms with van der Waals surface area (Å²) < 4.78 is 23.8. The molecule has 0 amide bonds. The molecule has 4 nitrogen and oxygen atoms in total. The normalized spacial score (nSPS) is 33.2. The predicted molar refractivity (Wildman–Crippen MR) is 73.4 cm³/mol. The first-order chi connectivity index (χ1) is 8.84. The lowest BCUT2D eigenvalue weighted by Gasteiger charge is -2.35. The van der Waals surface area contributed by atoms with Crippen LogP contribution >= 0.6 is 0 Å². The van der Waals surface area contributed by atoms with E-state index in [4.69, 9.17) is 18.9 Å². The van der Waals surface area contributed by atoms with Crippen molar-refractivity contribution in [3.63, 3.8) is 0 Å². The molecule has 0 aromatic carbocycles. The van der Waals surface area contributed by atoms with Gasteiger partial charge in [-0.25, -0.2) is 0 Å². The summed E-state index contributed by atoms with van der Waals surface area (Å²) in [4.78, 5) is 0. The third-order valence-corrected chi connectivity index (χ3v) is 5.26. The average molecular weight is 268 g/mol. The largest absolute Gasteiger partial charge is 0.352 e. The minimum absolute atomic E-state index is 0.0799. The lowest BCUT2D eigenvalue weighted by atomic mass is 9.40. The van der Waals surface area contributed by atoms with Crippen molar-refractivity contribution in [2.24, 2.45) is 0 Å². The van der Waals surface area contributed by atoms with Crippen LogP contribution in [-0.4, -0.2) is 43.1 Å². The quantitative estimate of drug-likeness (QED) is 0.685. The van der Waals surface area contributed by atoms with Gasteiger partial charge in [0.2, 0.25) is 6.71 Å². The van der Waals surface area contributed by atoms with E-state index in [2.05, 4.69) is 27.7 Å². The van der Waals surface area contributed by atoms with Crippen molar-refractivity contribution in [2.45, 2.75) is 76.4 Å². The van der Waals surface area contributed by atoms with Crippen LogP contribution in [0.4, 0.5) is 0 Å². The molecule has 3 fully saturated rings. The summed E-state index contributed by atoms with van der Waals surface area (Å²) in [6.07, 6.45) is 3.95. The Morgan fingerprint density at radius 2 is 1.32 bits per heavy atom. The van der Waals surface area contributed by atoms with Crippen molar-refractivity contribution in [3.8, 4) is 0 Å². The van der Waals surface area contributed by atoms with Gasteiger partial charge in [-0.15, -0.1) is 0 Å². The minimum Gasteiger partial charge on any atom is -0.352 e. The van der Waals surface area contributed by atoms with Gasteiger partial charge in [-0.1, -0.05) is 12.6 Å². The van der Waals surface area contributed by atoms with E-state index < -0.39 is 0 Å². The van der Waals surface area contributed by atoms with Gasteiger partial charge in [0.05, 0.1) is 24.4 Å². The van der Waals surface area contributed by atoms with E-state index in [1.807, 2.05) is 0 Å². The Labute approximate surface area is 116 Å². The lowest BCUT2D eigenvalue weighted by Crippen LogP contribution is -2.43. The standard InChI is InChI=1S/C14H25BO4/c1-12(2)13(3,4)19-11(18-12)15-7-5-14(6-8-15)16-9-10-17-14/h11H,5-10H2,1-4H3. The summed E-state index contributed by atoms with van der Waals surface area (Å²) in [6.45, 7) is 10.4. The molecular weight excluding hydrogens is 243 g/mol. The molecule has 0 bridgehead atoms. The second kappa shape index (κ2) is 4.45. The number of hydrogen-bond acceptors (Lipinski definition) is 4. The molecule has 3 heterocycles. The van der Waals surface area contributed by atoms with Gasteiger partial charge in [-0.05, 0) is 40.5 Å². The van der Waals surface area contributed by atoms with Crippen LogP contribution in [0.3, 0.4) is 0 Å². The van der Waals surface area contributed by atoms with Crippen molar-refractivity contribution < 1.29 is 18.9 Å². The molecule has 0 saturated carbocycles. The molecule has 19 heavy (non-hydrogen) atoms. The van der Waals surface area contributed by atoms with Crippen molar-refractivity contribution in [3.05, 3.63) is 0 Å². The van der Waals surface area contributed by atoms with E-state index in [9.17, 15) is 0 Å². The summed E-state index contributed by atoms with van der Waals surface area (Å²) in [5.74, 6) is -0.292. The second-order valence-electron chi connectivity index (χ2n) is 7.07. The lowest BCUT2D eigenvalue weighted by molar-refractivity contribution is -0.164. The minimum atomic E-state index is -0.292. The van der Waals surface area contributed by atoms with Crippen molar-refractivity contribution in [1.82, 2.24) is 0 Å². The molecule has 1 spiro atoms. The molecule has 5 heteroatoms. The molecule has 0 N–H and O–H groups in total. The Kier molecular flexibility index (Phi) is 3.25. The van der Waals surface area contributed by atoms with E-state index in [0.29, 0.717) is 6.71 Å². The van der Waals surface area contributed by atoms with Crippen molar-refractivity contribution >= 4 is 6.71 Å². The Morgan fingerprint density at radius 1 is 0.842 bits per heavy atom. The fourth-order valence-corrected chi connectivity index (χ4v) is 3.22. The van der Waals surface area contributed by atoms with Gasteiger partial charge in [-0.3, -0.25) is 0 Å². The number of rotatable bonds is 1. The van der Waals surface area contributed by atoms with E-state index in [1.54, 1.807) is 0 Å². The smallest absolute Gasteiger partial charge is 0.211 e. The van der Waals surface area contributed by atoms with Gasteiger partial charge in [0, 0.05) is 0 Å². The summed E-state index contributed by atoms with van der Waals surface area (Å²) >= 11 is 0. The maximum atomic E-state index is 6.15. The van der Waals surface area contributed by atoms with Gasteiger partial charge >= 0.3 is 0 Å². The zero-order valence-corrected chi connectivity index (χ0v) is 12.5.